The van der Waals surface area contributed by atoms with Crippen LogP contribution < -0.4 is 9.46 Å². The van der Waals surface area contributed by atoms with E-state index in [0.717, 1.165) is 18.4 Å². The summed E-state index contributed by atoms with van der Waals surface area (Å²) in [7, 11) is -2.04. The zero-order chi connectivity index (χ0) is 16.4. The number of rotatable bonds is 6. The fraction of sp³-hybridized carbons (Fsp3) is 0.294. The summed E-state index contributed by atoms with van der Waals surface area (Å²) in [5, 5.41) is 0.640. The Morgan fingerprint density at radius 3 is 2.22 bits per heavy atom. The molecule has 122 valence electrons. The number of benzene rings is 2. The van der Waals surface area contributed by atoms with Gasteiger partial charge in [0.05, 0.1) is 12.0 Å². The molecule has 0 spiro atoms. The molecule has 0 bridgehead atoms. The van der Waals surface area contributed by atoms with Crippen molar-refractivity contribution in [3.63, 3.8) is 0 Å². The average Bonchev–Trinajstić information content (AvgIpc) is 3.38. The molecule has 0 aromatic heterocycles. The van der Waals surface area contributed by atoms with Gasteiger partial charge in [0.1, 0.15) is 5.75 Å². The highest BCUT2D eigenvalue weighted by Gasteiger charge is 2.35. The van der Waals surface area contributed by atoms with Crippen molar-refractivity contribution in [3.05, 3.63) is 59.1 Å². The molecule has 3 rings (SSSR count). The number of hydrogen-bond donors (Lipinski definition) is 1. The van der Waals surface area contributed by atoms with E-state index in [2.05, 4.69) is 4.72 Å². The Bertz CT molecular complexity index is 768. The van der Waals surface area contributed by atoms with Crippen molar-refractivity contribution in [1.82, 2.24) is 4.72 Å². The first-order chi connectivity index (χ1) is 11.0. The summed E-state index contributed by atoms with van der Waals surface area (Å²) in [5.41, 5.74) is 0.939. The molecule has 0 unspecified atom stereocenters. The number of nitrogens with one attached hydrogen (secondary N) is 1. The van der Waals surface area contributed by atoms with Gasteiger partial charge in [-0.2, -0.15) is 0 Å². The minimum Gasteiger partial charge on any atom is -0.497 e. The first-order valence-electron chi connectivity index (χ1n) is 7.41. The molecule has 23 heavy (non-hydrogen) atoms. The van der Waals surface area contributed by atoms with E-state index in [9.17, 15) is 8.42 Å². The van der Waals surface area contributed by atoms with Crippen LogP contribution in [0.15, 0.2) is 53.4 Å². The van der Waals surface area contributed by atoms with Gasteiger partial charge >= 0.3 is 0 Å². The number of sulfonamides is 1. The van der Waals surface area contributed by atoms with E-state index in [4.69, 9.17) is 16.3 Å². The van der Waals surface area contributed by atoms with E-state index in [0.29, 0.717) is 16.7 Å². The second-order valence-electron chi connectivity index (χ2n) is 5.66. The van der Waals surface area contributed by atoms with E-state index in [1.807, 2.05) is 12.1 Å². The van der Waals surface area contributed by atoms with Crippen LogP contribution in [0.4, 0.5) is 0 Å². The fourth-order valence-electron chi connectivity index (χ4n) is 2.53. The van der Waals surface area contributed by atoms with Gasteiger partial charge in [-0.25, -0.2) is 13.1 Å². The van der Waals surface area contributed by atoms with Crippen molar-refractivity contribution < 1.29 is 13.2 Å². The largest absolute Gasteiger partial charge is 0.497 e. The fourth-order valence-corrected chi connectivity index (χ4v) is 3.95. The van der Waals surface area contributed by atoms with Gasteiger partial charge in [0.25, 0.3) is 0 Å². The van der Waals surface area contributed by atoms with Crippen molar-refractivity contribution in [2.24, 2.45) is 5.92 Å². The van der Waals surface area contributed by atoms with E-state index < -0.39 is 10.0 Å². The van der Waals surface area contributed by atoms with Crippen LogP contribution in [0.25, 0.3) is 0 Å². The molecule has 1 aliphatic carbocycles. The summed E-state index contributed by atoms with van der Waals surface area (Å²) < 4.78 is 33.2. The number of ether oxygens (including phenoxy) is 1. The second-order valence-corrected chi connectivity index (χ2v) is 7.81. The molecule has 1 atom stereocenters. The molecular formula is C17H18ClNO3S. The molecule has 2 aromatic rings. The highest BCUT2D eigenvalue weighted by Crippen LogP contribution is 2.42. The number of halogens is 1. The lowest BCUT2D eigenvalue weighted by Gasteiger charge is -2.19. The summed E-state index contributed by atoms with van der Waals surface area (Å²) in [5.74, 6) is 0.963. The quantitative estimate of drug-likeness (QED) is 0.861. The lowest BCUT2D eigenvalue weighted by molar-refractivity contribution is 0.414. The van der Waals surface area contributed by atoms with Crippen LogP contribution in [0.3, 0.4) is 0 Å². The highest BCUT2D eigenvalue weighted by molar-refractivity contribution is 7.89. The molecule has 1 aliphatic rings. The van der Waals surface area contributed by atoms with Crippen molar-refractivity contribution in [2.75, 3.05) is 7.11 Å². The van der Waals surface area contributed by atoms with Gasteiger partial charge in [0, 0.05) is 11.1 Å². The van der Waals surface area contributed by atoms with Crippen LogP contribution in [-0.2, 0) is 10.0 Å². The normalized spacial score (nSPS) is 16.1. The molecule has 1 N–H and O–H groups in total. The Labute approximate surface area is 141 Å². The minimum absolute atomic E-state index is 0.223. The van der Waals surface area contributed by atoms with Crippen molar-refractivity contribution in [3.8, 4) is 5.75 Å². The summed E-state index contributed by atoms with van der Waals surface area (Å²) in [6, 6.07) is 13.5. The zero-order valence-corrected chi connectivity index (χ0v) is 14.3. The first kappa shape index (κ1) is 16.3. The van der Waals surface area contributed by atoms with Crippen LogP contribution in [0, 0.1) is 5.92 Å². The maximum absolute atomic E-state index is 12.6. The lowest BCUT2D eigenvalue weighted by atomic mass is 10.0. The van der Waals surface area contributed by atoms with Crippen molar-refractivity contribution in [2.45, 2.75) is 23.8 Å². The SMILES string of the molecule is COc1ccc(S(=O)(=O)N[C@@H](c2ccc(Cl)cc2)C2CC2)cc1. The van der Waals surface area contributed by atoms with Crippen molar-refractivity contribution >= 4 is 21.6 Å². The smallest absolute Gasteiger partial charge is 0.241 e. The molecule has 2 aromatic carbocycles. The summed E-state index contributed by atoms with van der Waals surface area (Å²) in [6.07, 6.45) is 2.05. The van der Waals surface area contributed by atoms with Crippen LogP contribution in [0.1, 0.15) is 24.4 Å². The third-order valence-corrected chi connectivity index (χ3v) is 5.68. The minimum atomic E-state index is -3.59. The van der Waals surface area contributed by atoms with E-state index >= 15 is 0 Å². The zero-order valence-electron chi connectivity index (χ0n) is 12.7. The van der Waals surface area contributed by atoms with E-state index in [-0.39, 0.29) is 10.9 Å². The van der Waals surface area contributed by atoms with Gasteiger partial charge < -0.3 is 4.74 Å². The summed E-state index contributed by atoms with van der Waals surface area (Å²) in [6.45, 7) is 0. The molecule has 1 fully saturated rings. The molecule has 0 heterocycles. The van der Waals surface area contributed by atoms with Crippen molar-refractivity contribution in [1.29, 1.82) is 0 Å². The van der Waals surface area contributed by atoms with Gasteiger partial charge in [-0.3, -0.25) is 0 Å². The first-order valence-corrected chi connectivity index (χ1v) is 9.27. The van der Waals surface area contributed by atoms with Gasteiger partial charge in [0.2, 0.25) is 10.0 Å². The van der Waals surface area contributed by atoms with Gasteiger partial charge in [-0.15, -0.1) is 0 Å². The summed E-state index contributed by atoms with van der Waals surface area (Å²) in [4.78, 5) is 0.234. The standard InChI is InChI=1S/C17H18ClNO3S/c1-22-15-8-10-16(11-9-15)23(20,21)19-17(12-2-3-12)13-4-6-14(18)7-5-13/h4-12,17,19H,2-3H2,1H3/t17-/m1/s1. The maximum Gasteiger partial charge on any atom is 0.241 e. The third kappa shape index (κ3) is 3.86. The molecule has 0 saturated heterocycles. The van der Waals surface area contributed by atoms with E-state index in [1.165, 1.54) is 0 Å². The Kier molecular flexibility index (Phi) is 4.62. The van der Waals surface area contributed by atoms with Crippen LogP contribution in [0.2, 0.25) is 5.02 Å². The Balaban J connectivity index is 1.85. The molecular weight excluding hydrogens is 334 g/mol. The van der Waals surface area contributed by atoms with Gasteiger partial charge in [0.15, 0.2) is 0 Å². The molecule has 0 radical (unpaired) electrons. The molecule has 4 nitrogen and oxygen atoms in total. The predicted molar refractivity (Wildman–Crippen MR) is 90.2 cm³/mol. The van der Waals surface area contributed by atoms with Gasteiger partial charge in [-0.05, 0) is 60.7 Å². The monoisotopic (exact) mass is 351 g/mol. The van der Waals surface area contributed by atoms with E-state index in [1.54, 1.807) is 43.5 Å². The van der Waals surface area contributed by atoms with Crippen LogP contribution >= 0.6 is 11.6 Å². The Morgan fingerprint density at radius 2 is 1.70 bits per heavy atom. The molecule has 0 aliphatic heterocycles. The summed E-state index contributed by atoms with van der Waals surface area (Å²) >= 11 is 5.92. The van der Waals surface area contributed by atoms with Crippen LogP contribution in [0.5, 0.6) is 5.75 Å². The molecule has 6 heteroatoms. The molecule has 0 amide bonds. The Hall–Kier alpha value is -1.56. The van der Waals surface area contributed by atoms with Crippen LogP contribution in [-0.4, -0.2) is 15.5 Å². The number of methoxy groups -OCH3 is 1. The Morgan fingerprint density at radius 1 is 1.09 bits per heavy atom. The third-order valence-electron chi connectivity index (χ3n) is 3.97. The van der Waals surface area contributed by atoms with Gasteiger partial charge in [-0.1, -0.05) is 23.7 Å². The average molecular weight is 352 g/mol. The predicted octanol–water partition coefficient (Wildman–Crippen LogP) is 3.78. The lowest BCUT2D eigenvalue weighted by Crippen LogP contribution is -2.30. The number of hydrogen-bond acceptors (Lipinski definition) is 3. The second kappa shape index (κ2) is 6.51. The highest BCUT2D eigenvalue weighted by atomic mass is 35.5. The maximum atomic E-state index is 12.6. The molecule has 1 saturated carbocycles. The topological polar surface area (TPSA) is 55.4 Å².